The van der Waals surface area contributed by atoms with Gasteiger partial charge in [0, 0.05) is 38.6 Å². The van der Waals surface area contributed by atoms with Gasteiger partial charge in [0.1, 0.15) is 0 Å². The van der Waals surface area contributed by atoms with Gasteiger partial charge in [0.25, 0.3) is 0 Å². The van der Waals surface area contributed by atoms with Gasteiger partial charge in [0.2, 0.25) is 5.95 Å². The molecule has 2 rings (SSSR count). The van der Waals surface area contributed by atoms with E-state index in [9.17, 15) is 0 Å². The lowest BCUT2D eigenvalue weighted by Crippen LogP contribution is -2.46. The maximum atomic E-state index is 5.66. The summed E-state index contributed by atoms with van der Waals surface area (Å²) in [5.41, 5.74) is 5.66. The van der Waals surface area contributed by atoms with Gasteiger partial charge < -0.3 is 19.9 Å². The van der Waals surface area contributed by atoms with Crippen LogP contribution in [0, 0.1) is 5.92 Å². The first-order chi connectivity index (χ1) is 8.20. The summed E-state index contributed by atoms with van der Waals surface area (Å²) in [7, 11) is 0. The first-order valence-corrected chi connectivity index (χ1v) is 6.28. The van der Waals surface area contributed by atoms with Crippen molar-refractivity contribution in [1.82, 2.24) is 9.55 Å². The second-order valence-electron chi connectivity index (χ2n) is 4.95. The summed E-state index contributed by atoms with van der Waals surface area (Å²) in [6.45, 7) is 8.46. The summed E-state index contributed by atoms with van der Waals surface area (Å²) in [4.78, 5) is 6.72. The number of hydrogen-bond donors (Lipinski definition) is 1. The smallest absolute Gasteiger partial charge is 0.205 e. The van der Waals surface area contributed by atoms with Crippen molar-refractivity contribution in [3.8, 4) is 0 Å². The molecule has 1 aromatic heterocycles. The van der Waals surface area contributed by atoms with E-state index in [0.29, 0.717) is 12.5 Å². The highest BCUT2D eigenvalue weighted by Crippen LogP contribution is 2.17. The molecule has 0 spiro atoms. The zero-order chi connectivity index (χ0) is 12.3. The summed E-state index contributed by atoms with van der Waals surface area (Å²) in [6, 6.07) is 0. The number of imidazole rings is 1. The molecular weight excluding hydrogens is 216 g/mol. The monoisotopic (exact) mass is 238 g/mol. The van der Waals surface area contributed by atoms with Crippen LogP contribution in [0.2, 0.25) is 0 Å². The lowest BCUT2D eigenvalue weighted by molar-refractivity contribution is 0.0457. The number of rotatable bonds is 4. The minimum absolute atomic E-state index is 0.132. The van der Waals surface area contributed by atoms with Gasteiger partial charge in [-0.1, -0.05) is 13.8 Å². The molecule has 1 atom stereocenters. The van der Waals surface area contributed by atoms with E-state index < -0.39 is 0 Å². The van der Waals surface area contributed by atoms with Crippen LogP contribution in [-0.2, 0) is 11.3 Å². The second-order valence-corrected chi connectivity index (χ2v) is 4.95. The molecule has 0 saturated carbocycles. The maximum absolute atomic E-state index is 5.66. The van der Waals surface area contributed by atoms with Crippen LogP contribution in [0.3, 0.4) is 0 Å². The van der Waals surface area contributed by atoms with E-state index in [4.69, 9.17) is 10.5 Å². The predicted molar refractivity (Wildman–Crippen MR) is 68.1 cm³/mol. The van der Waals surface area contributed by atoms with Crippen molar-refractivity contribution in [2.24, 2.45) is 11.7 Å². The highest BCUT2D eigenvalue weighted by Gasteiger charge is 2.22. The van der Waals surface area contributed by atoms with Crippen LogP contribution in [0.15, 0.2) is 12.4 Å². The van der Waals surface area contributed by atoms with E-state index in [-0.39, 0.29) is 6.10 Å². The zero-order valence-electron chi connectivity index (χ0n) is 10.7. The molecule has 5 heteroatoms. The van der Waals surface area contributed by atoms with Crippen LogP contribution in [0.4, 0.5) is 5.95 Å². The lowest BCUT2D eigenvalue weighted by Gasteiger charge is -2.33. The molecule has 1 saturated heterocycles. The Morgan fingerprint density at radius 2 is 2.41 bits per heavy atom. The number of morpholine rings is 1. The first-order valence-electron chi connectivity index (χ1n) is 6.28. The highest BCUT2D eigenvalue weighted by atomic mass is 16.5. The van der Waals surface area contributed by atoms with Crippen molar-refractivity contribution in [2.45, 2.75) is 26.5 Å². The molecule has 2 N–H and O–H groups in total. The molecule has 5 nitrogen and oxygen atoms in total. The van der Waals surface area contributed by atoms with Gasteiger partial charge in [0.05, 0.1) is 12.7 Å². The lowest BCUT2D eigenvalue weighted by atomic mass is 10.2. The van der Waals surface area contributed by atoms with E-state index in [1.54, 1.807) is 0 Å². The summed E-state index contributed by atoms with van der Waals surface area (Å²) in [5.74, 6) is 1.66. The van der Waals surface area contributed by atoms with Crippen LogP contribution in [0.5, 0.6) is 0 Å². The van der Waals surface area contributed by atoms with Crippen molar-refractivity contribution in [1.29, 1.82) is 0 Å². The summed E-state index contributed by atoms with van der Waals surface area (Å²) < 4.78 is 7.78. The number of ether oxygens (including phenoxy) is 1. The highest BCUT2D eigenvalue weighted by molar-refractivity contribution is 5.32. The van der Waals surface area contributed by atoms with E-state index in [1.165, 1.54) is 0 Å². The van der Waals surface area contributed by atoms with Crippen molar-refractivity contribution in [3.63, 3.8) is 0 Å². The Morgan fingerprint density at radius 1 is 1.59 bits per heavy atom. The average molecular weight is 238 g/mol. The fraction of sp³-hybridized carbons (Fsp3) is 0.750. The molecule has 17 heavy (non-hydrogen) atoms. The first kappa shape index (κ1) is 12.4. The van der Waals surface area contributed by atoms with Gasteiger partial charge in [-0.3, -0.25) is 0 Å². The van der Waals surface area contributed by atoms with Crippen LogP contribution >= 0.6 is 0 Å². The third kappa shape index (κ3) is 2.98. The largest absolute Gasteiger partial charge is 0.373 e. The van der Waals surface area contributed by atoms with Crippen LogP contribution in [-0.4, -0.2) is 41.9 Å². The molecule has 0 amide bonds. The standard InChI is InChI=1S/C12H22N4O/c1-10(2)8-15-4-3-14-12(15)16-5-6-17-11(7-13)9-16/h3-4,10-11H,5-9,13H2,1-2H3. The van der Waals surface area contributed by atoms with Gasteiger partial charge >= 0.3 is 0 Å². The van der Waals surface area contributed by atoms with Crippen molar-refractivity contribution >= 4 is 5.95 Å². The van der Waals surface area contributed by atoms with Gasteiger partial charge in [-0.05, 0) is 5.92 Å². The average Bonchev–Trinajstić information content (AvgIpc) is 2.76. The maximum Gasteiger partial charge on any atom is 0.205 e. The molecule has 0 aliphatic carbocycles. The fourth-order valence-corrected chi connectivity index (χ4v) is 2.16. The number of hydrogen-bond acceptors (Lipinski definition) is 4. The molecule has 0 radical (unpaired) electrons. The topological polar surface area (TPSA) is 56.3 Å². The second kappa shape index (κ2) is 5.51. The number of nitrogens with zero attached hydrogens (tertiary/aromatic N) is 3. The molecule has 1 unspecified atom stereocenters. The Labute approximate surface area is 103 Å². The van der Waals surface area contributed by atoms with Crippen molar-refractivity contribution in [3.05, 3.63) is 12.4 Å². The predicted octanol–water partition coefficient (Wildman–Crippen LogP) is 0.703. The summed E-state index contributed by atoms with van der Waals surface area (Å²) >= 11 is 0. The molecule has 2 heterocycles. The minimum atomic E-state index is 0.132. The van der Waals surface area contributed by atoms with Gasteiger partial charge in [-0.25, -0.2) is 4.98 Å². The normalized spacial score (nSPS) is 21.2. The Hall–Kier alpha value is -1.07. The SMILES string of the molecule is CC(C)Cn1ccnc1N1CCOC(CN)C1. The van der Waals surface area contributed by atoms with Gasteiger partial charge in [-0.15, -0.1) is 0 Å². The molecule has 1 aromatic rings. The molecular formula is C12H22N4O. The van der Waals surface area contributed by atoms with Crippen LogP contribution < -0.4 is 10.6 Å². The third-order valence-electron chi connectivity index (χ3n) is 2.94. The Balaban J connectivity index is 2.08. The van der Waals surface area contributed by atoms with Gasteiger partial charge in [0.15, 0.2) is 0 Å². The molecule has 0 aromatic carbocycles. The molecule has 1 aliphatic heterocycles. The number of nitrogens with two attached hydrogens (primary N) is 1. The summed E-state index contributed by atoms with van der Waals surface area (Å²) in [5, 5.41) is 0. The molecule has 0 bridgehead atoms. The molecule has 1 aliphatic rings. The Morgan fingerprint density at radius 3 is 3.12 bits per heavy atom. The Bertz CT molecular complexity index is 350. The van der Waals surface area contributed by atoms with E-state index in [2.05, 4.69) is 28.3 Å². The van der Waals surface area contributed by atoms with Crippen molar-refractivity contribution in [2.75, 3.05) is 31.1 Å². The van der Waals surface area contributed by atoms with E-state index in [1.807, 2.05) is 12.4 Å². The van der Waals surface area contributed by atoms with E-state index >= 15 is 0 Å². The van der Waals surface area contributed by atoms with Crippen molar-refractivity contribution < 1.29 is 4.74 Å². The molecule has 1 fully saturated rings. The number of anilines is 1. The quantitative estimate of drug-likeness (QED) is 0.839. The third-order valence-corrected chi connectivity index (χ3v) is 2.94. The number of aromatic nitrogens is 2. The fourth-order valence-electron chi connectivity index (χ4n) is 2.16. The van der Waals surface area contributed by atoms with Crippen LogP contribution in [0.1, 0.15) is 13.8 Å². The zero-order valence-corrected chi connectivity index (χ0v) is 10.7. The van der Waals surface area contributed by atoms with Gasteiger partial charge in [-0.2, -0.15) is 0 Å². The Kier molecular flexibility index (Phi) is 4.02. The summed E-state index contributed by atoms with van der Waals surface area (Å²) in [6.07, 6.45) is 4.04. The van der Waals surface area contributed by atoms with Crippen LogP contribution in [0.25, 0.3) is 0 Å². The minimum Gasteiger partial charge on any atom is -0.373 e. The van der Waals surface area contributed by atoms with E-state index in [0.717, 1.165) is 32.2 Å². The molecule has 96 valence electrons.